The third-order valence-electron chi connectivity index (χ3n) is 4.60. The van der Waals surface area contributed by atoms with Crippen LogP contribution in [0.15, 0.2) is 42.7 Å². The Hall–Kier alpha value is -2.40. The number of benzene rings is 1. The number of anilines is 1. The number of nitrogens with one attached hydrogen (secondary N) is 1. The lowest BCUT2D eigenvalue weighted by atomic mass is 10.0. The van der Waals surface area contributed by atoms with Crippen molar-refractivity contribution >= 4 is 11.6 Å². The molecule has 1 aliphatic heterocycles. The maximum atomic E-state index is 12.7. The fraction of sp³-hybridized carbons (Fsp3) is 0.368. The van der Waals surface area contributed by atoms with Crippen molar-refractivity contribution in [2.45, 2.75) is 12.5 Å². The number of rotatable bonds is 4. The molecule has 2 heterocycles. The average molecular weight is 324 g/mol. The number of amides is 1. The van der Waals surface area contributed by atoms with Crippen molar-refractivity contribution in [2.75, 3.05) is 39.1 Å². The van der Waals surface area contributed by atoms with E-state index in [2.05, 4.69) is 39.5 Å². The van der Waals surface area contributed by atoms with Gasteiger partial charge in [-0.05, 0) is 36.7 Å². The summed E-state index contributed by atoms with van der Waals surface area (Å²) in [5, 5.41) is 3.30. The van der Waals surface area contributed by atoms with Crippen molar-refractivity contribution in [3.63, 3.8) is 0 Å². The Morgan fingerprint density at radius 1 is 1.12 bits per heavy atom. The molecule has 1 N–H and O–H groups in total. The second-order valence-corrected chi connectivity index (χ2v) is 6.47. The van der Waals surface area contributed by atoms with Crippen molar-refractivity contribution in [3.05, 3.63) is 48.3 Å². The molecule has 0 spiro atoms. The van der Waals surface area contributed by atoms with E-state index in [9.17, 15) is 4.79 Å². The molecule has 126 valence electrons. The molecular weight excluding hydrogens is 300 g/mol. The van der Waals surface area contributed by atoms with Gasteiger partial charge in [0.05, 0.1) is 5.56 Å². The summed E-state index contributed by atoms with van der Waals surface area (Å²) in [5.41, 5.74) is 3.81. The molecule has 5 nitrogen and oxygen atoms in total. The molecule has 0 saturated carbocycles. The van der Waals surface area contributed by atoms with E-state index in [1.165, 1.54) is 0 Å². The quantitative estimate of drug-likeness (QED) is 0.937. The Balaban J connectivity index is 1.81. The molecule has 1 aromatic heterocycles. The van der Waals surface area contributed by atoms with Crippen LogP contribution in [0, 0.1) is 0 Å². The number of pyridine rings is 1. The molecule has 2 aromatic rings. The maximum absolute atomic E-state index is 12.7. The Bertz CT molecular complexity index is 706. The number of carbonyl (C=O) groups excluding carboxylic acids is 1. The lowest BCUT2D eigenvalue weighted by Gasteiger charge is -2.23. The zero-order chi connectivity index (χ0) is 17.1. The number of nitrogens with zero attached hydrogens (tertiary/aromatic N) is 3. The smallest absolute Gasteiger partial charge is 0.255 e. The standard InChI is InChI=1S/C19H24N4O/c1-22(2)17-6-4-14(5-7-17)15-10-16(12-21-11-15)19(24)23(3)18-8-9-20-13-18/h4-7,10-12,18,20H,8-9,13H2,1-3H3. The lowest BCUT2D eigenvalue weighted by molar-refractivity contribution is 0.0743. The summed E-state index contributed by atoms with van der Waals surface area (Å²) >= 11 is 0. The minimum absolute atomic E-state index is 0.0305. The Morgan fingerprint density at radius 2 is 1.88 bits per heavy atom. The van der Waals surface area contributed by atoms with Crippen LogP contribution >= 0.6 is 0 Å². The average Bonchev–Trinajstić information content (AvgIpc) is 3.15. The number of likely N-dealkylation sites (N-methyl/N-ethyl adjacent to an activating group) is 1. The number of hydrogen-bond donors (Lipinski definition) is 1. The van der Waals surface area contributed by atoms with Gasteiger partial charge in [0.1, 0.15) is 0 Å². The maximum Gasteiger partial charge on any atom is 0.255 e. The van der Waals surface area contributed by atoms with Gasteiger partial charge >= 0.3 is 0 Å². The van der Waals surface area contributed by atoms with Gasteiger partial charge in [-0.15, -0.1) is 0 Å². The molecule has 1 fully saturated rings. The molecule has 0 radical (unpaired) electrons. The minimum atomic E-state index is 0.0305. The van der Waals surface area contributed by atoms with E-state index in [-0.39, 0.29) is 11.9 Å². The minimum Gasteiger partial charge on any atom is -0.378 e. The zero-order valence-corrected chi connectivity index (χ0v) is 14.5. The van der Waals surface area contributed by atoms with Crippen LogP contribution in [0.3, 0.4) is 0 Å². The molecule has 0 aliphatic carbocycles. The fourth-order valence-electron chi connectivity index (χ4n) is 3.01. The van der Waals surface area contributed by atoms with Crippen LogP contribution in [-0.2, 0) is 0 Å². The van der Waals surface area contributed by atoms with Crippen LogP contribution in [0.25, 0.3) is 11.1 Å². The van der Waals surface area contributed by atoms with Gasteiger partial charge in [-0.1, -0.05) is 12.1 Å². The molecular formula is C19H24N4O. The van der Waals surface area contributed by atoms with Crippen LogP contribution in [-0.4, -0.2) is 56.1 Å². The SMILES string of the molecule is CN(C)c1ccc(-c2cncc(C(=O)N(C)C3CCNC3)c2)cc1. The van der Waals surface area contributed by atoms with Crippen molar-refractivity contribution in [2.24, 2.45) is 0 Å². The van der Waals surface area contributed by atoms with Gasteiger partial charge in [-0.3, -0.25) is 9.78 Å². The van der Waals surface area contributed by atoms with Gasteiger partial charge in [0.25, 0.3) is 5.91 Å². The van der Waals surface area contributed by atoms with Gasteiger partial charge in [0, 0.05) is 57.4 Å². The van der Waals surface area contributed by atoms with Crippen molar-refractivity contribution < 1.29 is 4.79 Å². The van der Waals surface area contributed by atoms with E-state index < -0.39 is 0 Å². The highest BCUT2D eigenvalue weighted by molar-refractivity contribution is 5.95. The molecule has 0 bridgehead atoms. The second-order valence-electron chi connectivity index (χ2n) is 6.47. The normalized spacial score (nSPS) is 16.9. The van der Waals surface area contributed by atoms with Crippen LogP contribution in [0.1, 0.15) is 16.8 Å². The predicted molar refractivity (Wildman–Crippen MR) is 97.4 cm³/mol. The first-order valence-corrected chi connectivity index (χ1v) is 8.27. The summed E-state index contributed by atoms with van der Waals surface area (Å²) in [5.74, 6) is 0.0305. The number of carbonyl (C=O) groups is 1. The van der Waals surface area contributed by atoms with Gasteiger partial charge in [-0.25, -0.2) is 0 Å². The van der Waals surface area contributed by atoms with Gasteiger partial charge in [-0.2, -0.15) is 0 Å². The summed E-state index contributed by atoms with van der Waals surface area (Å²) in [4.78, 5) is 20.9. The molecule has 1 atom stereocenters. The third kappa shape index (κ3) is 3.41. The highest BCUT2D eigenvalue weighted by atomic mass is 16.2. The monoisotopic (exact) mass is 324 g/mol. The lowest BCUT2D eigenvalue weighted by Crippen LogP contribution is -2.38. The Morgan fingerprint density at radius 3 is 2.50 bits per heavy atom. The second kappa shape index (κ2) is 7.01. The molecule has 1 unspecified atom stereocenters. The molecule has 1 amide bonds. The molecule has 3 rings (SSSR count). The van der Waals surface area contributed by atoms with Crippen LogP contribution in [0.4, 0.5) is 5.69 Å². The van der Waals surface area contributed by atoms with Crippen LogP contribution in [0.2, 0.25) is 0 Å². The Labute approximate surface area is 143 Å². The summed E-state index contributed by atoms with van der Waals surface area (Å²) in [7, 11) is 5.91. The van der Waals surface area contributed by atoms with Gasteiger partial charge in [0.2, 0.25) is 0 Å². The largest absolute Gasteiger partial charge is 0.378 e. The van der Waals surface area contributed by atoms with Crippen molar-refractivity contribution in [1.29, 1.82) is 0 Å². The van der Waals surface area contributed by atoms with Crippen LogP contribution in [0.5, 0.6) is 0 Å². The molecule has 1 aliphatic rings. The summed E-state index contributed by atoms with van der Waals surface area (Å²) in [6, 6.07) is 10.5. The van der Waals surface area contributed by atoms with E-state index >= 15 is 0 Å². The predicted octanol–water partition coefficient (Wildman–Crippen LogP) is 2.25. The van der Waals surface area contributed by atoms with Crippen molar-refractivity contribution in [3.8, 4) is 11.1 Å². The number of aromatic nitrogens is 1. The number of hydrogen-bond acceptors (Lipinski definition) is 4. The first-order chi connectivity index (χ1) is 11.6. The highest BCUT2D eigenvalue weighted by Gasteiger charge is 2.24. The summed E-state index contributed by atoms with van der Waals surface area (Å²) in [6.07, 6.45) is 4.46. The summed E-state index contributed by atoms with van der Waals surface area (Å²) in [6.45, 7) is 1.83. The molecule has 1 aromatic carbocycles. The van der Waals surface area contributed by atoms with E-state index in [4.69, 9.17) is 0 Å². The van der Waals surface area contributed by atoms with Gasteiger partial charge in [0.15, 0.2) is 0 Å². The first kappa shape index (κ1) is 16.5. The zero-order valence-electron chi connectivity index (χ0n) is 14.5. The van der Waals surface area contributed by atoms with E-state index in [0.717, 1.165) is 36.3 Å². The van der Waals surface area contributed by atoms with E-state index in [1.54, 1.807) is 12.4 Å². The Kier molecular flexibility index (Phi) is 4.81. The van der Waals surface area contributed by atoms with E-state index in [1.807, 2.05) is 32.1 Å². The van der Waals surface area contributed by atoms with Crippen molar-refractivity contribution in [1.82, 2.24) is 15.2 Å². The molecule has 5 heteroatoms. The topological polar surface area (TPSA) is 48.5 Å². The summed E-state index contributed by atoms with van der Waals surface area (Å²) < 4.78 is 0. The molecule has 24 heavy (non-hydrogen) atoms. The highest BCUT2D eigenvalue weighted by Crippen LogP contribution is 2.23. The third-order valence-corrected chi connectivity index (χ3v) is 4.60. The van der Waals surface area contributed by atoms with Crippen LogP contribution < -0.4 is 10.2 Å². The fourth-order valence-corrected chi connectivity index (χ4v) is 3.01. The van der Waals surface area contributed by atoms with E-state index in [0.29, 0.717) is 5.56 Å². The molecule has 1 saturated heterocycles. The first-order valence-electron chi connectivity index (χ1n) is 8.27. The van der Waals surface area contributed by atoms with Gasteiger partial charge < -0.3 is 15.1 Å².